The van der Waals surface area contributed by atoms with Gasteiger partial charge in [-0.1, -0.05) is 45.1 Å². The number of piperidine rings is 1. The van der Waals surface area contributed by atoms with Gasteiger partial charge in [0.1, 0.15) is 0 Å². The van der Waals surface area contributed by atoms with Crippen LogP contribution in [0.2, 0.25) is 0 Å². The molecular formula is C24H38N2O3S. The normalized spacial score (nSPS) is 23.3. The van der Waals surface area contributed by atoms with Crippen molar-refractivity contribution in [2.45, 2.75) is 89.9 Å². The van der Waals surface area contributed by atoms with Crippen molar-refractivity contribution >= 4 is 21.6 Å². The molecule has 2 fully saturated rings. The summed E-state index contributed by atoms with van der Waals surface area (Å²) in [5.41, 5.74) is 2.26. The van der Waals surface area contributed by atoms with Gasteiger partial charge in [-0.25, -0.2) is 8.42 Å². The first kappa shape index (κ1) is 23.3. The van der Waals surface area contributed by atoms with Gasteiger partial charge in [-0.2, -0.15) is 4.31 Å². The van der Waals surface area contributed by atoms with Crippen LogP contribution in [0.25, 0.3) is 0 Å². The lowest BCUT2D eigenvalue weighted by Gasteiger charge is -2.31. The number of unbranched alkanes of at least 4 members (excludes halogenated alkanes) is 1. The fraction of sp³-hybridized carbons (Fsp3) is 0.708. The smallest absolute Gasteiger partial charge is 0.243 e. The van der Waals surface area contributed by atoms with E-state index in [0.29, 0.717) is 35.2 Å². The van der Waals surface area contributed by atoms with E-state index in [1.807, 2.05) is 19.9 Å². The highest BCUT2D eigenvalue weighted by atomic mass is 32.2. The number of hydrogen-bond donors (Lipinski definition) is 1. The summed E-state index contributed by atoms with van der Waals surface area (Å²) in [4.78, 5) is 13.6. The van der Waals surface area contributed by atoms with Gasteiger partial charge in [-0.3, -0.25) is 4.79 Å². The zero-order valence-electron chi connectivity index (χ0n) is 18.9. The second-order valence-corrected chi connectivity index (χ2v) is 11.0. The predicted octanol–water partition coefficient (Wildman–Crippen LogP) is 5.41. The number of aryl methyl sites for hydroxylation is 1. The zero-order valence-corrected chi connectivity index (χ0v) is 19.7. The van der Waals surface area contributed by atoms with E-state index < -0.39 is 10.0 Å². The number of amides is 1. The lowest BCUT2D eigenvalue weighted by atomic mass is 9.76. The number of nitrogens with one attached hydrogen (secondary N) is 1. The van der Waals surface area contributed by atoms with Crippen molar-refractivity contribution in [3.05, 3.63) is 23.3 Å². The molecule has 0 aromatic heterocycles. The molecule has 0 spiro atoms. The van der Waals surface area contributed by atoms with E-state index in [0.717, 1.165) is 63.4 Å². The fourth-order valence-corrected chi connectivity index (χ4v) is 6.87. The molecule has 0 radical (unpaired) electrons. The fourth-order valence-electron chi connectivity index (χ4n) is 5.12. The minimum Gasteiger partial charge on any atom is -0.325 e. The van der Waals surface area contributed by atoms with E-state index in [-0.39, 0.29) is 11.8 Å². The minimum absolute atomic E-state index is 0.0338. The monoisotopic (exact) mass is 434 g/mol. The molecule has 1 aliphatic carbocycles. The van der Waals surface area contributed by atoms with Crippen LogP contribution in [0.1, 0.15) is 82.3 Å². The van der Waals surface area contributed by atoms with Crippen LogP contribution in [-0.4, -0.2) is 31.7 Å². The van der Waals surface area contributed by atoms with Crippen molar-refractivity contribution in [3.8, 4) is 0 Å². The first-order valence-corrected chi connectivity index (χ1v) is 13.2. The van der Waals surface area contributed by atoms with Gasteiger partial charge < -0.3 is 5.32 Å². The van der Waals surface area contributed by atoms with Crippen LogP contribution in [0.5, 0.6) is 0 Å². The Kier molecular flexibility index (Phi) is 7.97. The summed E-state index contributed by atoms with van der Waals surface area (Å²) >= 11 is 0. The first-order valence-electron chi connectivity index (χ1n) is 11.8. The molecule has 1 aromatic carbocycles. The van der Waals surface area contributed by atoms with Gasteiger partial charge in [0.2, 0.25) is 15.9 Å². The molecule has 1 aliphatic heterocycles. The van der Waals surface area contributed by atoms with Crippen molar-refractivity contribution in [1.29, 1.82) is 0 Å². The van der Waals surface area contributed by atoms with Crippen molar-refractivity contribution in [1.82, 2.24) is 4.31 Å². The van der Waals surface area contributed by atoms with Crippen molar-refractivity contribution < 1.29 is 13.2 Å². The lowest BCUT2D eigenvalue weighted by Crippen LogP contribution is -2.36. The van der Waals surface area contributed by atoms with E-state index >= 15 is 0 Å². The van der Waals surface area contributed by atoms with Gasteiger partial charge in [-0.05, 0) is 69.1 Å². The summed E-state index contributed by atoms with van der Waals surface area (Å²) in [6, 6.07) is 3.53. The Labute approximate surface area is 182 Å². The average Bonchev–Trinajstić information content (AvgIpc) is 2.75. The minimum atomic E-state index is -3.53. The summed E-state index contributed by atoms with van der Waals surface area (Å²) < 4.78 is 28.1. The number of carbonyl (C=O) groups is 1. The van der Waals surface area contributed by atoms with Crippen LogP contribution in [0.15, 0.2) is 17.0 Å². The van der Waals surface area contributed by atoms with Gasteiger partial charge in [0, 0.05) is 24.7 Å². The topological polar surface area (TPSA) is 66.5 Å². The van der Waals surface area contributed by atoms with E-state index in [1.165, 1.54) is 6.42 Å². The quantitative estimate of drug-likeness (QED) is 0.624. The third-order valence-corrected chi connectivity index (χ3v) is 9.02. The highest BCUT2D eigenvalue weighted by Crippen LogP contribution is 2.36. The maximum Gasteiger partial charge on any atom is 0.243 e. The summed E-state index contributed by atoms with van der Waals surface area (Å²) in [6.45, 7) is 7.13. The molecule has 1 N–H and O–H groups in total. The second kappa shape index (κ2) is 10.3. The van der Waals surface area contributed by atoms with E-state index in [2.05, 4.69) is 12.2 Å². The Balaban J connectivity index is 1.83. The summed E-state index contributed by atoms with van der Waals surface area (Å²) in [6.07, 6.45) is 10.7. The summed E-state index contributed by atoms with van der Waals surface area (Å²) in [5.74, 6) is 0.542. The van der Waals surface area contributed by atoms with Gasteiger partial charge in [0.25, 0.3) is 0 Å². The number of hydrogen-bond acceptors (Lipinski definition) is 3. The number of carbonyl (C=O) groups excluding carboxylic acids is 1. The maximum atomic E-state index is 13.2. The molecule has 5 nitrogen and oxygen atoms in total. The van der Waals surface area contributed by atoms with Gasteiger partial charge in [-0.15, -0.1) is 0 Å². The molecule has 0 bridgehead atoms. The van der Waals surface area contributed by atoms with Crippen LogP contribution < -0.4 is 5.32 Å². The molecule has 2 aliphatic rings. The molecule has 1 aromatic rings. The predicted molar refractivity (Wildman–Crippen MR) is 122 cm³/mol. The molecular weight excluding hydrogens is 396 g/mol. The molecule has 1 amide bonds. The molecule has 2 atom stereocenters. The number of anilines is 1. The first-order chi connectivity index (χ1) is 14.4. The Bertz CT molecular complexity index is 844. The largest absolute Gasteiger partial charge is 0.325 e. The lowest BCUT2D eigenvalue weighted by molar-refractivity contribution is -0.122. The standard InChI is InChI=1S/C24H38N2O3S/c1-4-5-11-20-12-7-8-13-21(20)24(27)25-23-18(2)14-15-22(19(23)3)30(28,29)26-16-9-6-10-17-26/h14-15,20-21H,4-13,16-17H2,1-3H3,(H,25,27)/t20-,21+/m1/s1. The number of sulfonamides is 1. The van der Waals surface area contributed by atoms with Crippen molar-refractivity contribution in [3.63, 3.8) is 0 Å². The maximum absolute atomic E-state index is 13.2. The molecule has 0 unspecified atom stereocenters. The molecule has 6 heteroatoms. The van der Waals surface area contributed by atoms with E-state index in [1.54, 1.807) is 10.4 Å². The molecule has 30 heavy (non-hydrogen) atoms. The Morgan fingerprint density at radius 1 is 1.07 bits per heavy atom. The molecule has 1 saturated carbocycles. The van der Waals surface area contributed by atoms with Crippen molar-refractivity contribution in [2.24, 2.45) is 11.8 Å². The SMILES string of the molecule is CCCC[C@@H]1CCCC[C@@H]1C(=O)Nc1c(C)ccc(S(=O)(=O)N2CCCCC2)c1C. The Morgan fingerprint density at radius 2 is 1.77 bits per heavy atom. The van der Waals surface area contributed by atoms with Gasteiger partial charge >= 0.3 is 0 Å². The van der Waals surface area contributed by atoms with Crippen LogP contribution >= 0.6 is 0 Å². The Hall–Kier alpha value is -1.40. The third-order valence-electron chi connectivity index (χ3n) is 6.98. The van der Waals surface area contributed by atoms with Crippen LogP contribution in [-0.2, 0) is 14.8 Å². The second-order valence-electron chi connectivity index (χ2n) is 9.13. The third kappa shape index (κ3) is 5.08. The van der Waals surface area contributed by atoms with Crippen molar-refractivity contribution in [2.75, 3.05) is 18.4 Å². The molecule has 1 heterocycles. The van der Waals surface area contributed by atoms with Crippen LogP contribution in [0, 0.1) is 25.7 Å². The van der Waals surface area contributed by atoms with Crippen LogP contribution in [0.4, 0.5) is 5.69 Å². The number of benzene rings is 1. The van der Waals surface area contributed by atoms with E-state index in [4.69, 9.17) is 0 Å². The molecule has 168 valence electrons. The van der Waals surface area contributed by atoms with E-state index in [9.17, 15) is 13.2 Å². The number of rotatable bonds is 7. The van der Waals surface area contributed by atoms with Crippen LogP contribution in [0.3, 0.4) is 0 Å². The number of nitrogens with zero attached hydrogens (tertiary/aromatic N) is 1. The molecule has 3 rings (SSSR count). The van der Waals surface area contributed by atoms with Gasteiger partial charge in [0.05, 0.1) is 4.90 Å². The van der Waals surface area contributed by atoms with Gasteiger partial charge in [0.15, 0.2) is 0 Å². The summed E-state index contributed by atoms with van der Waals surface area (Å²) in [5, 5.41) is 3.15. The average molecular weight is 435 g/mol. The Morgan fingerprint density at radius 3 is 2.47 bits per heavy atom. The highest BCUT2D eigenvalue weighted by molar-refractivity contribution is 7.89. The summed E-state index contributed by atoms with van der Waals surface area (Å²) in [7, 11) is -3.53. The highest BCUT2D eigenvalue weighted by Gasteiger charge is 2.32. The zero-order chi connectivity index (χ0) is 21.7. The molecule has 1 saturated heterocycles.